The smallest absolute Gasteiger partial charge is 0.321 e. The molecule has 2 aromatic rings. The lowest BCUT2D eigenvalue weighted by Crippen LogP contribution is -1.94. The van der Waals surface area contributed by atoms with Crippen molar-refractivity contribution in [1.82, 2.24) is 9.97 Å². The summed E-state index contributed by atoms with van der Waals surface area (Å²) in [6.45, 7) is 2.03. The molecule has 0 atom stereocenters. The third-order valence-corrected chi connectivity index (χ3v) is 2.38. The van der Waals surface area contributed by atoms with Crippen LogP contribution in [0.15, 0.2) is 36.7 Å². The summed E-state index contributed by atoms with van der Waals surface area (Å²) in [5.74, 6) is 0.723. The van der Waals surface area contributed by atoms with Gasteiger partial charge in [0, 0.05) is 18.0 Å². The minimum absolute atomic E-state index is 0.0639. The lowest BCUT2D eigenvalue weighted by molar-refractivity contribution is 0.280. The first-order chi connectivity index (χ1) is 8.31. The molecule has 1 aromatic heterocycles. The zero-order valence-corrected chi connectivity index (χ0v) is 9.63. The van der Waals surface area contributed by atoms with Crippen LogP contribution in [0.25, 0.3) is 0 Å². The monoisotopic (exact) mass is 230 g/mol. The van der Waals surface area contributed by atoms with E-state index in [0.717, 1.165) is 12.2 Å². The summed E-state index contributed by atoms with van der Waals surface area (Å²) in [6.07, 6.45) is 4.06. The number of rotatable bonds is 4. The van der Waals surface area contributed by atoms with E-state index < -0.39 is 0 Å². The van der Waals surface area contributed by atoms with Crippen LogP contribution in [0, 0.1) is 0 Å². The number of ether oxygens (including phenoxy) is 1. The average Bonchev–Trinajstić information content (AvgIpc) is 2.40. The summed E-state index contributed by atoms with van der Waals surface area (Å²) < 4.78 is 5.52. The lowest BCUT2D eigenvalue weighted by Gasteiger charge is -2.05. The first-order valence-electron chi connectivity index (χ1n) is 5.50. The summed E-state index contributed by atoms with van der Waals surface area (Å²) in [7, 11) is 0. The Bertz CT molecular complexity index is 483. The van der Waals surface area contributed by atoms with Gasteiger partial charge in [0.1, 0.15) is 5.75 Å². The van der Waals surface area contributed by atoms with E-state index in [1.54, 1.807) is 12.4 Å². The van der Waals surface area contributed by atoms with Crippen LogP contribution in [0.3, 0.4) is 0 Å². The molecule has 0 amide bonds. The zero-order chi connectivity index (χ0) is 12.1. The quantitative estimate of drug-likeness (QED) is 0.875. The Balaban J connectivity index is 2.13. The SMILES string of the molecule is CCc1cccc(Oc2ncc(CO)cn2)c1. The van der Waals surface area contributed by atoms with Crippen molar-refractivity contribution in [2.45, 2.75) is 20.0 Å². The van der Waals surface area contributed by atoms with Gasteiger partial charge in [-0.15, -0.1) is 0 Å². The van der Waals surface area contributed by atoms with Crippen molar-refractivity contribution >= 4 is 0 Å². The normalized spacial score (nSPS) is 10.2. The summed E-state index contributed by atoms with van der Waals surface area (Å²) >= 11 is 0. The highest BCUT2D eigenvalue weighted by Crippen LogP contribution is 2.19. The molecule has 2 rings (SSSR count). The van der Waals surface area contributed by atoms with E-state index in [2.05, 4.69) is 16.9 Å². The Morgan fingerprint density at radius 2 is 1.94 bits per heavy atom. The second-order valence-corrected chi connectivity index (χ2v) is 3.64. The Kier molecular flexibility index (Phi) is 3.67. The Labute approximate surface area is 99.9 Å². The van der Waals surface area contributed by atoms with Crippen LogP contribution in [0.5, 0.6) is 11.8 Å². The molecular formula is C13H14N2O2. The molecule has 0 saturated heterocycles. The largest absolute Gasteiger partial charge is 0.424 e. The Morgan fingerprint density at radius 1 is 1.18 bits per heavy atom. The van der Waals surface area contributed by atoms with E-state index in [1.807, 2.05) is 24.3 Å². The van der Waals surface area contributed by atoms with Crippen molar-refractivity contribution < 1.29 is 9.84 Å². The van der Waals surface area contributed by atoms with Crippen LogP contribution in [0.2, 0.25) is 0 Å². The number of aliphatic hydroxyl groups excluding tert-OH is 1. The van der Waals surface area contributed by atoms with Crippen molar-refractivity contribution in [3.63, 3.8) is 0 Å². The van der Waals surface area contributed by atoms with Crippen molar-refractivity contribution in [3.05, 3.63) is 47.8 Å². The van der Waals surface area contributed by atoms with Gasteiger partial charge in [-0.05, 0) is 24.1 Å². The molecule has 0 bridgehead atoms. The molecule has 1 N–H and O–H groups in total. The summed E-state index contributed by atoms with van der Waals surface area (Å²) in [6, 6.07) is 8.10. The average molecular weight is 230 g/mol. The van der Waals surface area contributed by atoms with Gasteiger partial charge in [0.15, 0.2) is 0 Å². The molecule has 17 heavy (non-hydrogen) atoms. The standard InChI is InChI=1S/C13H14N2O2/c1-2-10-4-3-5-12(6-10)17-13-14-7-11(9-16)8-15-13/h3-8,16H,2,9H2,1H3. The van der Waals surface area contributed by atoms with Crippen molar-refractivity contribution in [2.75, 3.05) is 0 Å². The number of aromatic nitrogens is 2. The molecule has 0 aliphatic carbocycles. The second kappa shape index (κ2) is 5.41. The maximum absolute atomic E-state index is 8.87. The third kappa shape index (κ3) is 3.01. The van der Waals surface area contributed by atoms with Crippen LogP contribution < -0.4 is 4.74 Å². The molecule has 4 nitrogen and oxygen atoms in total. The fraction of sp³-hybridized carbons (Fsp3) is 0.231. The second-order valence-electron chi connectivity index (χ2n) is 3.64. The molecular weight excluding hydrogens is 216 g/mol. The minimum Gasteiger partial charge on any atom is -0.424 e. The number of nitrogens with zero attached hydrogens (tertiary/aromatic N) is 2. The fourth-order valence-electron chi connectivity index (χ4n) is 1.41. The number of benzene rings is 1. The van der Waals surface area contributed by atoms with E-state index in [1.165, 1.54) is 5.56 Å². The Hall–Kier alpha value is -1.94. The maximum Gasteiger partial charge on any atom is 0.321 e. The van der Waals surface area contributed by atoms with Gasteiger partial charge >= 0.3 is 6.01 Å². The minimum atomic E-state index is -0.0639. The van der Waals surface area contributed by atoms with Gasteiger partial charge in [0.2, 0.25) is 0 Å². The highest BCUT2D eigenvalue weighted by atomic mass is 16.5. The Morgan fingerprint density at radius 3 is 2.59 bits per heavy atom. The summed E-state index contributed by atoms with van der Waals surface area (Å²) in [4.78, 5) is 8.01. The molecule has 0 unspecified atom stereocenters. The molecule has 0 radical (unpaired) electrons. The molecule has 0 fully saturated rings. The molecule has 1 aromatic carbocycles. The number of aryl methyl sites for hydroxylation is 1. The predicted octanol–water partition coefficient (Wildman–Crippen LogP) is 2.32. The van der Waals surface area contributed by atoms with E-state index in [9.17, 15) is 0 Å². The molecule has 0 saturated carbocycles. The van der Waals surface area contributed by atoms with Gasteiger partial charge in [-0.2, -0.15) is 0 Å². The van der Waals surface area contributed by atoms with Gasteiger partial charge in [-0.25, -0.2) is 9.97 Å². The van der Waals surface area contributed by atoms with Crippen molar-refractivity contribution in [2.24, 2.45) is 0 Å². The molecule has 0 aliphatic heterocycles. The van der Waals surface area contributed by atoms with Gasteiger partial charge in [-0.3, -0.25) is 0 Å². The van der Waals surface area contributed by atoms with Gasteiger partial charge in [0.05, 0.1) is 6.61 Å². The van der Waals surface area contributed by atoms with Crippen molar-refractivity contribution in [3.8, 4) is 11.8 Å². The van der Waals surface area contributed by atoms with Gasteiger partial charge in [-0.1, -0.05) is 19.1 Å². The van der Waals surface area contributed by atoms with Crippen molar-refractivity contribution in [1.29, 1.82) is 0 Å². The van der Waals surface area contributed by atoms with Gasteiger partial charge < -0.3 is 9.84 Å². The van der Waals surface area contributed by atoms with Gasteiger partial charge in [0.25, 0.3) is 0 Å². The highest BCUT2D eigenvalue weighted by molar-refractivity contribution is 5.30. The zero-order valence-electron chi connectivity index (χ0n) is 9.63. The number of aliphatic hydroxyl groups is 1. The van der Waals surface area contributed by atoms with Crippen LogP contribution in [0.1, 0.15) is 18.1 Å². The summed E-state index contributed by atoms with van der Waals surface area (Å²) in [5, 5.41) is 8.87. The lowest BCUT2D eigenvalue weighted by atomic mass is 10.2. The topological polar surface area (TPSA) is 55.2 Å². The van der Waals surface area contributed by atoms with Crippen LogP contribution >= 0.6 is 0 Å². The maximum atomic E-state index is 8.87. The molecule has 1 heterocycles. The highest BCUT2D eigenvalue weighted by Gasteiger charge is 2.01. The predicted molar refractivity (Wildman–Crippen MR) is 63.8 cm³/mol. The van der Waals surface area contributed by atoms with E-state index in [-0.39, 0.29) is 12.6 Å². The first kappa shape index (κ1) is 11.5. The molecule has 0 spiro atoms. The molecule has 88 valence electrons. The van der Waals surface area contributed by atoms with E-state index in [4.69, 9.17) is 9.84 Å². The molecule has 4 heteroatoms. The van der Waals surface area contributed by atoms with Crippen LogP contribution in [0.4, 0.5) is 0 Å². The third-order valence-electron chi connectivity index (χ3n) is 2.38. The first-order valence-corrected chi connectivity index (χ1v) is 5.50. The number of hydrogen-bond acceptors (Lipinski definition) is 4. The van der Waals surface area contributed by atoms with Crippen LogP contribution in [-0.2, 0) is 13.0 Å². The van der Waals surface area contributed by atoms with E-state index >= 15 is 0 Å². The summed E-state index contributed by atoms with van der Waals surface area (Å²) in [5.41, 5.74) is 1.87. The molecule has 0 aliphatic rings. The van der Waals surface area contributed by atoms with E-state index in [0.29, 0.717) is 5.56 Å². The fourth-order valence-corrected chi connectivity index (χ4v) is 1.41. The van der Waals surface area contributed by atoms with Crippen LogP contribution in [-0.4, -0.2) is 15.1 Å². The number of hydrogen-bond donors (Lipinski definition) is 1.